The van der Waals surface area contributed by atoms with Crippen molar-refractivity contribution in [3.05, 3.63) is 81.4 Å². The summed E-state index contributed by atoms with van der Waals surface area (Å²) in [5.41, 5.74) is 1.98. The van der Waals surface area contributed by atoms with Crippen molar-refractivity contribution in [2.75, 3.05) is 4.90 Å². The summed E-state index contributed by atoms with van der Waals surface area (Å²) in [4.78, 5) is 26.5. The lowest BCUT2D eigenvalue weighted by Crippen LogP contribution is -2.54. The summed E-state index contributed by atoms with van der Waals surface area (Å²) in [6.45, 7) is 1.81. The molecule has 0 bridgehead atoms. The number of carbonyl (C=O) groups is 2. The van der Waals surface area contributed by atoms with E-state index in [-0.39, 0.29) is 20.7 Å². The van der Waals surface area contributed by atoms with Crippen molar-refractivity contribution < 1.29 is 9.59 Å². The van der Waals surface area contributed by atoms with Gasteiger partial charge >= 0.3 is 0 Å². The zero-order valence-electron chi connectivity index (χ0n) is 14.2. The van der Waals surface area contributed by atoms with Crippen molar-refractivity contribution in [1.29, 1.82) is 0 Å². The van der Waals surface area contributed by atoms with Gasteiger partial charge in [-0.25, -0.2) is 0 Å². The van der Waals surface area contributed by atoms with Gasteiger partial charge in [-0.05, 0) is 48.5 Å². The number of carbonyl (C=O) groups excluding carboxylic acids is 2. The molecule has 1 aliphatic heterocycles. The van der Waals surface area contributed by atoms with Crippen molar-refractivity contribution in [3.8, 4) is 0 Å². The summed E-state index contributed by atoms with van der Waals surface area (Å²) in [5.74, 6) is -1.12. The molecule has 0 radical (unpaired) electrons. The Hall–Kier alpha value is -2.47. The van der Waals surface area contributed by atoms with E-state index in [1.807, 2.05) is 43.3 Å². The van der Waals surface area contributed by atoms with E-state index in [9.17, 15) is 9.59 Å². The highest BCUT2D eigenvalue weighted by molar-refractivity contribution is 7.80. The molecular formula is C20H14Cl2N2O2S. The summed E-state index contributed by atoms with van der Waals surface area (Å²) < 4.78 is 0. The quantitative estimate of drug-likeness (QED) is 0.445. The number of allylic oxidation sites excluding steroid dienone is 2. The molecule has 2 amide bonds. The van der Waals surface area contributed by atoms with E-state index in [1.54, 1.807) is 18.2 Å². The third kappa shape index (κ3) is 4.11. The smallest absolute Gasteiger partial charge is 0.270 e. The summed E-state index contributed by atoms with van der Waals surface area (Å²) in [7, 11) is 0. The Morgan fingerprint density at radius 1 is 1.07 bits per heavy atom. The summed E-state index contributed by atoms with van der Waals surface area (Å²) >= 11 is 17.4. The fourth-order valence-electron chi connectivity index (χ4n) is 2.62. The molecule has 3 rings (SSSR count). The molecule has 1 heterocycles. The Labute approximate surface area is 172 Å². The lowest BCUT2D eigenvalue weighted by molar-refractivity contribution is -0.122. The molecule has 1 aliphatic rings. The van der Waals surface area contributed by atoms with Crippen LogP contribution in [-0.4, -0.2) is 16.9 Å². The van der Waals surface area contributed by atoms with Crippen LogP contribution in [0.1, 0.15) is 12.5 Å². The van der Waals surface area contributed by atoms with Crippen LogP contribution in [0.25, 0.3) is 6.08 Å². The topological polar surface area (TPSA) is 49.4 Å². The first-order valence-electron chi connectivity index (χ1n) is 7.97. The zero-order chi connectivity index (χ0) is 19.6. The fraction of sp³-hybridized carbons (Fsp3) is 0.0500. The Morgan fingerprint density at radius 2 is 1.78 bits per heavy atom. The van der Waals surface area contributed by atoms with Crippen LogP contribution in [0.15, 0.2) is 65.8 Å². The number of hydrogen-bond acceptors (Lipinski definition) is 3. The monoisotopic (exact) mass is 416 g/mol. The number of benzene rings is 2. The van der Waals surface area contributed by atoms with E-state index in [1.165, 1.54) is 11.0 Å². The van der Waals surface area contributed by atoms with Crippen molar-refractivity contribution >= 4 is 64.1 Å². The van der Waals surface area contributed by atoms with Crippen LogP contribution in [0.2, 0.25) is 10.0 Å². The predicted octanol–water partition coefficient (Wildman–Crippen LogP) is 4.77. The number of anilines is 1. The Morgan fingerprint density at radius 3 is 2.48 bits per heavy atom. The average molecular weight is 417 g/mol. The molecule has 2 aromatic rings. The van der Waals surface area contributed by atoms with E-state index < -0.39 is 11.8 Å². The molecule has 0 aromatic heterocycles. The van der Waals surface area contributed by atoms with Gasteiger partial charge in [0.1, 0.15) is 5.57 Å². The molecule has 0 spiro atoms. The van der Waals surface area contributed by atoms with E-state index in [0.717, 1.165) is 11.1 Å². The number of nitrogens with one attached hydrogen (secondary N) is 1. The molecule has 0 atom stereocenters. The van der Waals surface area contributed by atoms with Crippen molar-refractivity contribution in [2.45, 2.75) is 6.92 Å². The van der Waals surface area contributed by atoms with Crippen molar-refractivity contribution in [3.63, 3.8) is 0 Å². The maximum atomic E-state index is 13.0. The molecule has 0 saturated carbocycles. The van der Waals surface area contributed by atoms with E-state index >= 15 is 0 Å². The van der Waals surface area contributed by atoms with Gasteiger partial charge in [0.25, 0.3) is 11.8 Å². The van der Waals surface area contributed by atoms with Crippen LogP contribution in [0.3, 0.4) is 0 Å². The molecule has 4 nitrogen and oxygen atoms in total. The number of halogens is 2. The standard InChI is InChI=1S/C20H14Cl2N2O2S/c1-12(10-13-6-3-2-4-7-13)11-14-18(25)23-20(27)24(19(14)26)16-9-5-8-15(21)17(16)22/h2-11H,1H3,(H,23,25,27)/b12-10+,14-11+. The highest BCUT2D eigenvalue weighted by Gasteiger charge is 2.35. The highest BCUT2D eigenvalue weighted by Crippen LogP contribution is 2.34. The first-order chi connectivity index (χ1) is 12.9. The summed E-state index contributed by atoms with van der Waals surface area (Å²) in [5, 5.41) is 2.95. The first kappa shape index (κ1) is 19.3. The molecule has 1 N–H and O–H groups in total. The highest BCUT2D eigenvalue weighted by atomic mass is 35.5. The number of rotatable bonds is 3. The van der Waals surface area contributed by atoms with Gasteiger partial charge in [-0.1, -0.05) is 65.7 Å². The van der Waals surface area contributed by atoms with E-state index in [4.69, 9.17) is 35.4 Å². The van der Waals surface area contributed by atoms with Gasteiger partial charge in [0.2, 0.25) is 0 Å². The Bertz CT molecular complexity index is 1000. The third-order valence-electron chi connectivity index (χ3n) is 3.84. The second-order valence-corrected chi connectivity index (χ2v) is 7.00. The molecule has 2 aromatic carbocycles. The second-order valence-electron chi connectivity index (χ2n) is 5.83. The molecular weight excluding hydrogens is 403 g/mol. The number of amides is 2. The minimum atomic E-state index is -0.561. The van der Waals surface area contributed by atoms with E-state index in [2.05, 4.69) is 5.32 Å². The van der Waals surface area contributed by atoms with Crippen molar-refractivity contribution in [1.82, 2.24) is 5.32 Å². The van der Waals surface area contributed by atoms with Crippen LogP contribution in [-0.2, 0) is 9.59 Å². The minimum absolute atomic E-state index is 0.0377. The van der Waals surface area contributed by atoms with Gasteiger partial charge in [0, 0.05) is 0 Å². The number of thiocarbonyl (C=S) groups is 1. The molecule has 1 fully saturated rings. The normalized spacial score (nSPS) is 16.7. The SMILES string of the molecule is CC(=C\c1ccccc1)/C=C1\C(=O)NC(=S)N(c2cccc(Cl)c2Cl)C1=O. The maximum absolute atomic E-state index is 13.0. The molecule has 7 heteroatoms. The predicted molar refractivity (Wildman–Crippen MR) is 113 cm³/mol. The van der Waals surface area contributed by atoms with Gasteiger partial charge in [-0.3, -0.25) is 19.8 Å². The van der Waals surface area contributed by atoms with Crippen LogP contribution < -0.4 is 10.2 Å². The number of nitrogens with zero attached hydrogens (tertiary/aromatic N) is 1. The van der Waals surface area contributed by atoms with Gasteiger partial charge in [0.05, 0.1) is 15.7 Å². The van der Waals surface area contributed by atoms with Crippen molar-refractivity contribution in [2.24, 2.45) is 0 Å². The van der Waals surface area contributed by atoms with Crippen LogP contribution in [0, 0.1) is 0 Å². The van der Waals surface area contributed by atoms with Crippen LogP contribution in [0.5, 0.6) is 0 Å². The largest absolute Gasteiger partial charge is 0.298 e. The van der Waals surface area contributed by atoms with Gasteiger partial charge in [0.15, 0.2) is 5.11 Å². The molecule has 0 aliphatic carbocycles. The third-order valence-corrected chi connectivity index (χ3v) is 4.93. The summed E-state index contributed by atoms with van der Waals surface area (Å²) in [6, 6.07) is 14.5. The van der Waals surface area contributed by atoms with Gasteiger partial charge in [-0.2, -0.15) is 0 Å². The Kier molecular flexibility index (Phi) is 5.75. The van der Waals surface area contributed by atoms with Crippen LogP contribution >= 0.6 is 35.4 Å². The zero-order valence-corrected chi connectivity index (χ0v) is 16.5. The minimum Gasteiger partial charge on any atom is -0.298 e. The van der Waals surface area contributed by atoms with Crippen LogP contribution in [0.4, 0.5) is 5.69 Å². The average Bonchev–Trinajstić information content (AvgIpc) is 2.63. The molecule has 0 unspecified atom stereocenters. The Balaban J connectivity index is 2.00. The lowest BCUT2D eigenvalue weighted by Gasteiger charge is -2.29. The maximum Gasteiger partial charge on any atom is 0.270 e. The first-order valence-corrected chi connectivity index (χ1v) is 9.13. The van der Waals surface area contributed by atoms with Gasteiger partial charge < -0.3 is 0 Å². The lowest BCUT2D eigenvalue weighted by atomic mass is 10.1. The van der Waals surface area contributed by atoms with Gasteiger partial charge in [-0.15, -0.1) is 0 Å². The summed E-state index contributed by atoms with van der Waals surface area (Å²) in [6.07, 6.45) is 3.40. The molecule has 1 saturated heterocycles. The van der Waals surface area contributed by atoms with E-state index in [0.29, 0.717) is 5.69 Å². The fourth-order valence-corrected chi connectivity index (χ4v) is 3.28. The molecule has 27 heavy (non-hydrogen) atoms. The molecule has 136 valence electrons. The number of hydrogen-bond donors (Lipinski definition) is 1. The second kappa shape index (κ2) is 8.05.